The fourth-order valence-corrected chi connectivity index (χ4v) is 1.93. The minimum atomic E-state index is -0.795. The monoisotopic (exact) mass is 318 g/mol. The molecule has 1 amide bonds. The Bertz CT molecular complexity index is 826. The Morgan fingerprint density at radius 3 is 2.30 bits per heavy atom. The Morgan fingerprint density at radius 1 is 1.17 bits per heavy atom. The first-order valence-electron chi connectivity index (χ1n) is 6.65. The van der Waals surface area contributed by atoms with Gasteiger partial charge in [0.1, 0.15) is 11.2 Å². The maximum atomic E-state index is 12.2. The van der Waals surface area contributed by atoms with Crippen molar-refractivity contribution in [3.63, 3.8) is 0 Å². The first-order valence-corrected chi connectivity index (χ1v) is 6.65. The first kappa shape index (κ1) is 16.3. The Hall–Kier alpha value is -3.10. The van der Waals surface area contributed by atoms with Gasteiger partial charge in [-0.2, -0.15) is 0 Å². The highest BCUT2D eigenvalue weighted by atomic mass is 16.6. The summed E-state index contributed by atoms with van der Waals surface area (Å²) in [4.78, 5) is 37.1. The van der Waals surface area contributed by atoms with Crippen molar-refractivity contribution in [3.05, 3.63) is 44.6 Å². The molecular formula is C14H14N4O5. The molecule has 120 valence electrons. The van der Waals surface area contributed by atoms with Crippen LogP contribution in [0.1, 0.15) is 20.8 Å². The van der Waals surface area contributed by atoms with Crippen molar-refractivity contribution < 1.29 is 14.6 Å². The van der Waals surface area contributed by atoms with Crippen LogP contribution in [-0.4, -0.2) is 20.7 Å². The summed E-state index contributed by atoms with van der Waals surface area (Å²) in [6.07, 6.45) is 1.35. The van der Waals surface area contributed by atoms with Crippen LogP contribution in [0.4, 0.5) is 17.1 Å². The van der Waals surface area contributed by atoms with E-state index in [2.05, 4.69) is 10.3 Å². The SMILES string of the molecule is CC(C)(C)C(=O)Nc1c([N+](=O)[O-])cc([N+](=O)[O-])c2cccnc12. The smallest absolute Gasteiger partial charge is 0.301 e. The van der Waals surface area contributed by atoms with Gasteiger partial charge in [0.05, 0.1) is 21.3 Å². The number of nitrogens with one attached hydrogen (secondary N) is 1. The number of anilines is 1. The molecule has 2 aromatic rings. The Balaban J connectivity index is 2.79. The highest BCUT2D eigenvalue weighted by Gasteiger charge is 2.30. The number of non-ortho nitro benzene ring substituents is 1. The van der Waals surface area contributed by atoms with Gasteiger partial charge in [-0.05, 0) is 12.1 Å². The molecule has 0 unspecified atom stereocenters. The van der Waals surface area contributed by atoms with Crippen LogP contribution in [0.2, 0.25) is 0 Å². The highest BCUT2D eigenvalue weighted by molar-refractivity contribution is 6.08. The van der Waals surface area contributed by atoms with Crippen LogP contribution in [-0.2, 0) is 4.79 Å². The summed E-state index contributed by atoms with van der Waals surface area (Å²) in [5.74, 6) is -0.457. The standard InChI is InChI=1S/C14H14N4O5/c1-14(2,3)13(19)16-12-10(18(22)23)7-9(17(20)21)8-5-4-6-15-11(8)12/h4-7H,1-3H3,(H,16,19). The number of fused-ring (bicyclic) bond motifs is 1. The van der Waals surface area contributed by atoms with Crippen molar-refractivity contribution in [2.24, 2.45) is 5.41 Å². The van der Waals surface area contributed by atoms with Crippen LogP contribution in [0.25, 0.3) is 10.9 Å². The molecule has 0 saturated heterocycles. The molecule has 0 radical (unpaired) electrons. The van der Waals surface area contributed by atoms with Crippen molar-refractivity contribution in [1.82, 2.24) is 4.98 Å². The molecule has 1 heterocycles. The van der Waals surface area contributed by atoms with E-state index >= 15 is 0 Å². The van der Waals surface area contributed by atoms with Gasteiger partial charge in [0.2, 0.25) is 5.91 Å². The van der Waals surface area contributed by atoms with Crippen molar-refractivity contribution in [2.45, 2.75) is 20.8 Å². The number of pyridine rings is 1. The third-order valence-corrected chi connectivity index (χ3v) is 3.16. The van der Waals surface area contributed by atoms with E-state index in [0.29, 0.717) is 0 Å². The summed E-state index contributed by atoms with van der Waals surface area (Å²) < 4.78 is 0. The summed E-state index contributed by atoms with van der Waals surface area (Å²) in [5, 5.41) is 25.0. The number of hydrogen-bond acceptors (Lipinski definition) is 6. The predicted octanol–water partition coefficient (Wildman–Crippen LogP) is 3.04. The molecule has 1 aromatic heterocycles. The van der Waals surface area contributed by atoms with Crippen LogP contribution in [0, 0.1) is 25.6 Å². The minimum absolute atomic E-state index is 0.00556. The molecule has 0 aliphatic rings. The lowest BCUT2D eigenvalue weighted by atomic mass is 9.95. The maximum Gasteiger partial charge on any atom is 0.301 e. The molecule has 0 spiro atoms. The molecule has 1 aromatic carbocycles. The average molecular weight is 318 g/mol. The second-order valence-corrected chi connectivity index (χ2v) is 5.91. The molecule has 0 aliphatic carbocycles. The number of aromatic nitrogens is 1. The average Bonchev–Trinajstić information content (AvgIpc) is 2.45. The first-order chi connectivity index (χ1) is 10.6. The molecule has 1 N–H and O–H groups in total. The molecule has 0 fully saturated rings. The number of nitro groups is 2. The molecule has 0 saturated carbocycles. The summed E-state index contributed by atoms with van der Waals surface area (Å²) in [7, 11) is 0. The molecule has 23 heavy (non-hydrogen) atoms. The van der Waals surface area contributed by atoms with E-state index in [1.165, 1.54) is 18.3 Å². The van der Waals surface area contributed by atoms with Crippen molar-refractivity contribution in [1.29, 1.82) is 0 Å². The maximum absolute atomic E-state index is 12.2. The number of carbonyl (C=O) groups is 1. The van der Waals surface area contributed by atoms with Crippen LogP contribution < -0.4 is 5.32 Å². The van der Waals surface area contributed by atoms with Crippen molar-refractivity contribution in [3.8, 4) is 0 Å². The molecular weight excluding hydrogens is 304 g/mol. The van der Waals surface area contributed by atoms with Gasteiger partial charge in [0.25, 0.3) is 5.69 Å². The highest BCUT2D eigenvalue weighted by Crippen LogP contribution is 2.38. The van der Waals surface area contributed by atoms with Crippen molar-refractivity contribution in [2.75, 3.05) is 5.32 Å². The second kappa shape index (κ2) is 5.59. The number of benzene rings is 1. The number of nitrogens with zero attached hydrogens (tertiary/aromatic N) is 3. The molecule has 0 aliphatic heterocycles. The summed E-state index contributed by atoms with van der Waals surface area (Å²) in [6, 6.07) is 3.75. The molecule has 0 bridgehead atoms. The van der Waals surface area contributed by atoms with Gasteiger partial charge in [-0.25, -0.2) is 0 Å². The fourth-order valence-electron chi connectivity index (χ4n) is 1.93. The normalized spacial score (nSPS) is 11.3. The molecule has 0 atom stereocenters. The molecule has 9 heteroatoms. The zero-order valence-corrected chi connectivity index (χ0v) is 12.7. The van der Waals surface area contributed by atoms with E-state index in [0.717, 1.165) is 6.07 Å². The van der Waals surface area contributed by atoms with E-state index in [1.54, 1.807) is 20.8 Å². The molecule has 2 rings (SSSR count). The van der Waals surface area contributed by atoms with E-state index < -0.39 is 32.5 Å². The zero-order valence-electron chi connectivity index (χ0n) is 12.7. The summed E-state index contributed by atoms with van der Waals surface area (Å²) in [6.45, 7) is 4.94. The topological polar surface area (TPSA) is 128 Å². The van der Waals surface area contributed by atoms with Gasteiger partial charge in [-0.3, -0.25) is 30.0 Å². The van der Waals surface area contributed by atoms with Crippen LogP contribution in [0.3, 0.4) is 0 Å². The third-order valence-electron chi connectivity index (χ3n) is 3.16. The van der Waals surface area contributed by atoms with E-state index in [4.69, 9.17) is 0 Å². The zero-order chi connectivity index (χ0) is 17.4. The second-order valence-electron chi connectivity index (χ2n) is 5.91. The van der Waals surface area contributed by atoms with Crippen LogP contribution in [0.5, 0.6) is 0 Å². The quantitative estimate of drug-likeness (QED) is 0.684. The van der Waals surface area contributed by atoms with Gasteiger partial charge in [0, 0.05) is 11.6 Å². The lowest BCUT2D eigenvalue weighted by molar-refractivity contribution is -0.392. The van der Waals surface area contributed by atoms with E-state index in [-0.39, 0.29) is 16.6 Å². The third kappa shape index (κ3) is 3.07. The minimum Gasteiger partial charge on any atom is -0.318 e. The number of hydrogen-bond donors (Lipinski definition) is 1. The molecule has 9 nitrogen and oxygen atoms in total. The largest absolute Gasteiger partial charge is 0.318 e. The van der Waals surface area contributed by atoms with Gasteiger partial charge >= 0.3 is 5.69 Å². The number of rotatable bonds is 3. The predicted molar refractivity (Wildman–Crippen MR) is 83.1 cm³/mol. The lowest BCUT2D eigenvalue weighted by Crippen LogP contribution is -2.28. The summed E-state index contributed by atoms with van der Waals surface area (Å²) in [5.41, 5.74) is -1.94. The van der Waals surface area contributed by atoms with Crippen LogP contribution in [0.15, 0.2) is 24.4 Å². The fraction of sp³-hybridized carbons (Fsp3) is 0.286. The Labute approximate surface area is 130 Å². The van der Waals surface area contributed by atoms with Crippen molar-refractivity contribution >= 4 is 33.9 Å². The van der Waals surface area contributed by atoms with Gasteiger partial charge in [-0.1, -0.05) is 20.8 Å². The van der Waals surface area contributed by atoms with E-state index in [1.807, 2.05) is 0 Å². The number of amides is 1. The number of carbonyl (C=O) groups excluding carboxylic acids is 1. The van der Waals surface area contributed by atoms with E-state index in [9.17, 15) is 25.0 Å². The lowest BCUT2D eigenvalue weighted by Gasteiger charge is -2.18. The van der Waals surface area contributed by atoms with Gasteiger partial charge in [-0.15, -0.1) is 0 Å². The summed E-state index contributed by atoms with van der Waals surface area (Å²) >= 11 is 0. The Morgan fingerprint density at radius 2 is 1.78 bits per heavy atom. The van der Waals surface area contributed by atoms with Crippen LogP contribution >= 0.6 is 0 Å². The number of nitro benzene ring substituents is 2. The Kier molecular flexibility index (Phi) is 3.96. The van der Waals surface area contributed by atoms with Gasteiger partial charge < -0.3 is 5.32 Å². The van der Waals surface area contributed by atoms with Gasteiger partial charge in [0.15, 0.2) is 0 Å².